The van der Waals surface area contributed by atoms with Crippen LogP contribution in [0.3, 0.4) is 0 Å². The highest BCUT2D eigenvalue weighted by molar-refractivity contribution is 5.70. The molecule has 318 valence electrons. The first-order chi connectivity index (χ1) is 27.6. The van der Waals surface area contributed by atoms with Gasteiger partial charge in [-0.05, 0) is 89.9 Å². The lowest BCUT2D eigenvalue weighted by atomic mass is 10.1. The van der Waals surface area contributed by atoms with Gasteiger partial charge in [0.2, 0.25) is 0 Å². The van der Waals surface area contributed by atoms with Gasteiger partial charge in [-0.2, -0.15) is 0 Å². The van der Waals surface area contributed by atoms with Crippen LogP contribution in [0.15, 0.2) is 97.2 Å². The van der Waals surface area contributed by atoms with E-state index in [9.17, 15) is 9.59 Å². The van der Waals surface area contributed by atoms with E-state index in [-0.39, 0.29) is 25.2 Å². The molecule has 0 aliphatic carbocycles. The van der Waals surface area contributed by atoms with Gasteiger partial charge < -0.3 is 14.2 Å². The Morgan fingerprint density at radius 3 is 1.32 bits per heavy atom. The second kappa shape index (κ2) is 46.2. The molecule has 0 aliphatic rings. The Morgan fingerprint density at radius 1 is 0.411 bits per heavy atom. The number of rotatable bonds is 40. The predicted octanol–water partition coefficient (Wildman–Crippen LogP) is 15.1. The number of hydrogen-bond acceptors (Lipinski definition) is 5. The highest BCUT2D eigenvalue weighted by atomic mass is 16.6. The van der Waals surface area contributed by atoms with Gasteiger partial charge in [0.25, 0.3) is 0 Å². The summed E-state index contributed by atoms with van der Waals surface area (Å²) in [6.45, 7) is 7.48. The topological polar surface area (TPSA) is 61.8 Å². The summed E-state index contributed by atoms with van der Waals surface area (Å²) >= 11 is 0. The van der Waals surface area contributed by atoms with E-state index in [4.69, 9.17) is 14.2 Å². The summed E-state index contributed by atoms with van der Waals surface area (Å²) in [6, 6.07) is 0. The quantitative estimate of drug-likeness (QED) is 0.0352. The second-order valence-corrected chi connectivity index (χ2v) is 14.5. The number of carbonyl (C=O) groups is 2. The van der Waals surface area contributed by atoms with Crippen molar-refractivity contribution in [3.8, 4) is 0 Å². The Balaban J connectivity index is 4.40. The van der Waals surface area contributed by atoms with Crippen LogP contribution in [0.25, 0.3) is 0 Å². The number of ether oxygens (including phenoxy) is 3. The summed E-state index contributed by atoms with van der Waals surface area (Å²) in [6.07, 6.45) is 61.3. The molecule has 0 N–H and O–H groups in total. The van der Waals surface area contributed by atoms with Crippen molar-refractivity contribution in [2.45, 2.75) is 194 Å². The minimum Gasteiger partial charge on any atom is -0.462 e. The molecule has 0 bridgehead atoms. The minimum atomic E-state index is -0.575. The summed E-state index contributed by atoms with van der Waals surface area (Å²) in [5.74, 6) is -0.505. The molecule has 5 heteroatoms. The first-order valence-corrected chi connectivity index (χ1v) is 22.8. The van der Waals surface area contributed by atoms with Crippen LogP contribution in [-0.2, 0) is 23.8 Å². The third-order valence-corrected chi connectivity index (χ3v) is 9.12. The van der Waals surface area contributed by atoms with Crippen molar-refractivity contribution in [3.05, 3.63) is 97.2 Å². The van der Waals surface area contributed by atoms with E-state index in [1.54, 1.807) is 0 Å². The monoisotopic (exact) mass is 777 g/mol. The van der Waals surface area contributed by atoms with Crippen LogP contribution >= 0.6 is 0 Å². The fraction of sp³-hybridized carbons (Fsp3) is 0.647. The molecular formula is C51H84O5. The molecular weight excluding hydrogens is 693 g/mol. The molecule has 0 aliphatic heterocycles. The molecule has 0 saturated carbocycles. The number of carbonyl (C=O) groups excluding carboxylic acids is 2. The lowest BCUT2D eigenvalue weighted by molar-refractivity contribution is -0.163. The highest BCUT2D eigenvalue weighted by Gasteiger charge is 2.17. The summed E-state index contributed by atoms with van der Waals surface area (Å²) < 4.78 is 17.2. The van der Waals surface area contributed by atoms with Crippen molar-refractivity contribution in [2.75, 3.05) is 19.8 Å². The Bertz CT molecular complexity index is 1110. The third-order valence-electron chi connectivity index (χ3n) is 9.12. The first kappa shape index (κ1) is 52.8. The molecule has 5 nitrogen and oxygen atoms in total. The van der Waals surface area contributed by atoms with Crippen LogP contribution in [0.4, 0.5) is 0 Å². The number of unbranched alkanes of at least 4 members (excludes halogenated alkanes) is 13. The average Bonchev–Trinajstić information content (AvgIpc) is 3.20. The molecule has 0 fully saturated rings. The summed E-state index contributed by atoms with van der Waals surface area (Å²) in [5, 5.41) is 0. The molecule has 0 aromatic heterocycles. The molecule has 1 atom stereocenters. The van der Waals surface area contributed by atoms with Gasteiger partial charge in [-0.15, -0.1) is 0 Å². The molecule has 0 saturated heterocycles. The molecule has 0 spiro atoms. The smallest absolute Gasteiger partial charge is 0.306 e. The number of esters is 2. The predicted molar refractivity (Wildman–Crippen MR) is 242 cm³/mol. The van der Waals surface area contributed by atoms with Crippen molar-refractivity contribution in [2.24, 2.45) is 0 Å². The zero-order valence-electron chi connectivity index (χ0n) is 36.4. The van der Waals surface area contributed by atoms with Crippen molar-refractivity contribution < 1.29 is 23.8 Å². The van der Waals surface area contributed by atoms with Gasteiger partial charge in [0, 0.05) is 19.4 Å². The summed E-state index contributed by atoms with van der Waals surface area (Å²) in [5.41, 5.74) is 0. The molecule has 0 rings (SSSR count). The van der Waals surface area contributed by atoms with Gasteiger partial charge in [0.1, 0.15) is 6.61 Å². The normalized spacial score (nSPS) is 13.1. The van der Waals surface area contributed by atoms with E-state index in [0.29, 0.717) is 19.4 Å². The van der Waals surface area contributed by atoms with Crippen LogP contribution in [0.5, 0.6) is 0 Å². The Kier molecular flexibility index (Phi) is 43.6. The number of allylic oxidation sites excluding steroid dienone is 16. The van der Waals surface area contributed by atoms with Gasteiger partial charge >= 0.3 is 11.9 Å². The van der Waals surface area contributed by atoms with Gasteiger partial charge in [-0.1, -0.05) is 182 Å². The van der Waals surface area contributed by atoms with Crippen molar-refractivity contribution in [1.82, 2.24) is 0 Å². The lowest BCUT2D eigenvalue weighted by Gasteiger charge is -2.18. The zero-order valence-corrected chi connectivity index (χ0v) is 36.4. The van der Waals surface area contributed by atoms with E-state index in [1.807, 2.05) is 0 Å². The fourth-order valence-corrected chi connectivity index (χ4v) is 5.79. The molecule has 0 aromatic rings. The van der Waals surface area contributed by atoms with E-state index >= 15 is 0 Å². The van der Waals surface area contributed by atoms with E-state index in [2.05, 4.69) is 118 Å². The second-order valence-electron chi connectivity index (χ2n) is 14.5. The SMILES string of the molecule is CC/C=C\C/C=C\C/C=C\C/C=C\C/C=C\CCCC(=O)OCC(COCCCCCCCCCCCC)OC(=O)CCCCC/C=C\C/C=C\C/C=C\CC. The maximum Gasteiger partial charge on any atom is 0.306 e. The van der Waals surface area contributed by atoms with E-state index < -0.39 is 6.10 Å². The van der Waals surface area contributed by atoms with Crippen molar-refractivity contribution >= 4 is 11.9 Å². The van der Waals surface area contributed by atoms with E-state index in [1.165, 1.54) is 51.4 Å². The molecule has 56 heavy (non-hydrogen) atoms. The zero-order chi connectivity index (χ0) is 40.7. The van der Waals surface area contributed by atoms with Crippen LogP contribution in [-0.4, -0.2) is 37.9 Å². The summed E-state index contributed by atoms with van der Waals surface area (Å²) in [7, 11) is 0. The number of hydrogen-bond donors (Lipinski definition) is 0. The third kappa shape index (κ3) is 43.5. The van der Waals surface area contributed by atoms with Crippen LogP contribution in [0, 0.1) is 0 Å². The Labute approximate surface area is 345 Å². The van der Waals surface area contributed by atoms with Crippen molar-refractivity contribution in [3.63, 3.8) is 0 Å². The average molecular weight is 777 g/mol. The Hall–Kier alpha value is -3.18. The largest absolute Gasteiger partial charge is 0.462 e. The molecule has 0 aromatic carbocycles. The van der Waals surface area contributed by atoms with E-state index in [0.717, 1.165) is 103 Å². The molecule has 0 radical (unpaired) electrons. The first-order valence-electron chi connectivity index (χ1n) is 22.8. The van der Waals surface area contributed by atoms with Gasteiger partial charge in [0.05, 0.1) is 6.61 Å². The van der Waals surface area contributed by atoms with Crippen LogP contribution < -0.4 is 0 Å². The molecule has 0 heterocycles. The summed E-state index contributed by atoms with van der Waals surface area (Å²) in [4.78, 5) is 25.2. The van der Waals surface area contributed by atoms with Gasteiger partial charge in [-0.25, -0.2) is 0 Å². The maximum absolute atomic E-state index is 12.7. The van der Waals surface area contributed by atoms with Gasteiger partial charge in [0.15, 0.2) is 6.10 Å². The molecule has 1 unspecified atom stereocenters. The maximum atomic E-state index is 12.7. The van der Waals surface area contributed by atoms with Crippen molar-refractivity contribution in [1.29, 1.82) is 0 Å². The van der Waals surface area contributed by atoms with Crippen LogP contribution in [0.2, 0.25) is 0 Å². The van der Waals surface area contributed by atoms with Crippen LogP contribution in [0.1, 0.15) is 188 Å². The highest BCUT2D eigenvalue weighted by Crippen LogP contribution is 2.12. The minimum absolute atomic E-state index is 0.0401. The standard InChI is InChI=1S/C51H84O5/c1-4-7-10-13-16-19-22-24-25-26-27-29-30-32-35-38-41-44-50(52)55-48-49(47-54-46-43-40-37-34-21-18-15-12-9-6-3)56-51(53)45-42-39-36-33-31-28-23-20-17-14-11-8-5-2/h7-8,10-11,16-17,19-20,24-25,27-29,31-32,35,49H,4-6,9,12-15,18,21-23,26,30,33-34,36-48H2,1-3H3/b10-7-,11-8-,19-16-,20-17-,25-24-,29-27-,31-28-,35-32-. The lowest BCUT2D eigenvalue weighted by Crippen LogP contribution is -2.30. The molecule has 0 amide bonds. The Morgan fingerprint density at radius 2 is 0.821 bits per heavy atom. The van der Waals surface area contributed by atoms with Gasteiger partial charge in [-0.3, -0.25) is 9.59 Å². The fourth-order valence-electron chi connectivity index (χ4n) is 5.79.